The lowest BCUT2D eigenvalue weighted by Gasteiger charge is -2.30. The summed E-state index contributed by atoms with van der Waals surface area (Å²) in [4.78, 5) is 4.65. The lowest BCUT2D eigenvalue weighted by Crippen LogP contribution is -2.34. The second-order valence-corrected chi connectivity index (χ2v) is 63.8. The molecule has 5 aliphatic rings. The highest BCUT2D eigenvalue weighted by atomic mass is 32.2. The molecule has 0 aliphatic heterocycles. The van der Waals surface area contributed by atoms with Gasteiger partial charge in [-0.25, -0.2) is 63.6 Å². The zero-order chi connectivity index (χ0) is 102. The molecule has 19 nitrogen and oxygen atoms in total. The normalized spacial score (nSPS) is 21.6. The van der Waals surface area contributed by atoms with Crippen LogP contribution in [0.1, 0.15) is 326 Å². The summed E-state index contributed by atoms with van der Waals surface area (Å²) in [6.45, 7) is 34.2. The van der Waals surface area contributed by atoms with Crippen molar-refractivity contribution in [2.45, 2.75) is 370 Å². The Balaban J connectivity index is 0.000000212. The van der Waals surface area contributed by atoms with Crippen LogP contribution in [0.4, 0.5) is 13.2 Å². The van der Waals surface area contributed by atoms with Gasteiger partial charge in [-0.3, -0.25) is 4.98 Å². The summed E-state index contributed by atoms with van der Waals surface area (Å²) < 4.78 is 221. The first-order valence-electron chi connectivity index (χ1n) is 50.7. The average molecular weight is 2060 g/mol. The van der Waals surface area contributed by atoms with Gasteiger partial charge in [0.05, 0.1) is 86.1 Å². The number of sulfone groups is 6. The molecular weight excluding hydrogens is 1890 g/mol. The van der Waals surface area contributed by atoms with E-state index in [0.29, 0.717) is 86.3 Å². The topological polar surface area (TPSA) is 303 Å². The highest BCUT2D eigenvalue weighted by molar-refractivity contribution is 7.94. The van der Waals surface area contributed by atoms with Crippen molar-refractivity contribution in [3.05, 3.63) is 180 Å². The van der Waals surface area contributed by atoms with Crippen LogP contribution in [0, 0.1) is 65.1 Å². The smallest absolute Gasteiger partial charge is 0.417 e. The maximum absolute atomic E-state index is 12.5. The zero-order valence-electron chi connectivity index (χ0n) is 86.2. The lowest BCUT2D eigenvalue weighted by molar-refractivity contribution is -0.137. The quantitative estimate of drug-likeness (QED) is 0.0399. The Hall–Kier alpha value is -6.08. The van der Waals surface area contributed by atoms with Gasteiger partial charge in [-0.2, -0.15) is 13.2 Å². The molecule has 5 aliphatic carbocycles. The second-order valence-electron chi connectivity index (χ2n) is 46.1. The van der Waals surface area contributed by atoms with Crippen LogP contribution in [0.3, 0.4) is 0 Å². The summed E-state index contributed by atoms with van der Waals surface area (Å²) >= 11 is 0. The third-order valence-electron chi connectivity index (χ3n) is 29.0. The van der Waals surface area contributed by atoms with Crippen LogP contribution in [0.2, 0.25) is 0 Å². The van der Waals surface area contributed by atoms with Crippen molar-refractivity contribution in [3.63, 3.8) is 0 Å². The number of nitrogens with one attached hydrogen (secondary N) is 1. The summed E-state index contributed by atoms with van der Waals surface area (Å²) in [6.07, 6.45) is 30.7. The maximum Gasteiger partial charge on any atom is 0.417 e. The molecule has 138 heavy (non-hydrogen) atoms. The van der Waals surface area contributed by atoms with Crippen LogP contribution in [-0.4, -0.2) is 133 Å². The fourth-order valence-electron chi connectivity index (χ4n) is 18.9. The molecule has 0 radical (unpaired) electrons. The SMILES string of the molecule is CC(C)(C)S(=O)(=O)CC1CCC(CCc2ccc(-c3ccco3)cc2)CC1.CC(C)(C)S(=O)(=O)CC1CCC(CCc2ccc(-c3ccno3)cc2)CC1.CC(C)(C)S(=O)(=O)CC1CCC(CCc2ccc(C(F)(F)F)cn2)CC1.CC(C)CS(=O)(=O)c1ccc(CCC2CCC(CS(=O)(=O)C(C)(C)C)CC2)cc1.CC(C)NS(=O)(=O)c1cccc(CCC2CCC(CS(=O)(=O)C(C)(C)C)CC2)c1. The molecule has 0 amide bonds. The standard InChI is InChI=1S/C23H38O4S2.C23H32O3S.C22H37NO4S2.C22H31NO3S.C19H28F3NO2S/c1-18(2)16-28(24,25)22-14-12-20(13-15-22)7-6-19-8-10-21(11-9-19)17-29(26,27)23(3,4)5;1-23(2,3)27(24,25)17-20-10-8-18(9-11-20)6-7-19-12-14-21(15-13-19)22-5-4-16-26-22;1-17(2)23-29(26,27)21-8-6-7-19(15-21)12-9-18-10-13-20(14-11-18)16-28(24,25)22(3,4)5;1-22(2,3)27(24,25)16-19-8-6-17(7-9-19)4-5-18-10-12-20(13-11-18)21-14-15-23-26-21;1-18(2,3)26(24,25)13-15-6-4-14(5-7-15)8-10-17-11-9-16(12-23-17)19(20,21)22/h12-15,18-19,21H,6-11,16-17H2,1-5H3;4-5,12-16,18,20H,6-11,17H2,1-3H3;6-8,15,17-18,20,23H,9-14,16H2,1-5H3;10-15,17,19H,4-9,16H2,1-3H3;9,11-12,14-15H,4-8,10,13H2,1-3H3. The van der Waals surface area contributed by atoms with Gasteiger partial charge in [0.1, 0.15) is 5.76 Å². The molecule has 3 heterocycles. The summed E-state index contributed by atoms with van der Waals surface area (Å²) in [6, 6.07) is 39.8. The Morgan fingerprint density at radius 2 is 0.667 bits per heavy atom. The predicted molar refractivity (Wildman–Crippen MR) is 557 cm³/mol. The van der Waals surface area contributed by atoms with E-state index in [9.17, 15) is 72.1 Å². The number of sulfonamides is 1. The highest BCUT2D eigenvalue weighted by Crippen LogP contribution is 2.42. The molecule has 0 saturated heterocycles. The molecule has 5 saturated carbocycles. The van der Waals surface area contributed by atoms with E-state index in [-0.39, 0.29) is 35.3 Å². The van der Waals surface area contributed by atoms with E-state index < -0.39 is 105 Å². The Labute approximate surface area is 830 Å². The van der Waals surface area contributed by atoms with Crippen LogP contribution in [-0.2, 0) is 107 Å². The molecule has 0 unspecified atom stereocenters. The van der Waals surface area contributed by atoms with Gasteiger partial charge in [0.15, 0.2) is 64.8 Å². The van der Waals surface area contributed by atoms with Crippen LogP contribution in [0.15, 0.2) is 165 Å². The van der Waals surface area contributed by atoms with Gasteiger partial charge in [0.2, 0.25) is 10.0 Å². The number of halogens is 3. The molecule has 0 bridgehead atoms. The highest BCUT2D eigenvalue weighted by Gasteiger charge is 2.40. The monoisotopic (exact) mass is 2050 g/mol. The van der Waals surface area contributed by atoms with Crippen molar-refractivity contribution >= 4 is 69.0 Å². The molecule has 4 aromatic carbocycles. The molecule has 0 spiro atoms. The zero-order valence-corrected chi connectivity index (χ0v) is 91.9. The van der Waals surface area contributed by atoms with Crippen LogP contribution in [0.25, 0.3) is 22.6 Å². The molecule has 1 N–H and O–H groups in total. The fraction of sp³-hybridized carbons (Fsp3) is 0.670. The predicted octanol–water partition coefficient (Wildman–Crippen LogP) is 25.6. The van der Waals surface area contributed by atoms with Crippen molar-refractivity contribution in [1.82, 2.24) is 14.9 Å². The number of nitrogens with zero attached hydrogens (tertiary/aromatic N) is 2. The fourth-order valence-corrected chi connectivity index (χ4v) is 29.1. The third-order valence-corrected chi connectivity index (χ3v) is 46.6. The van der Waals surface area contributed by atoms with Crippen molar-refractivity contribution in [1.29, 1.82) is 0 Å². The molecular formula is C109H166F3N3O16S7. The van der Waals surface area contributed by atoms with Gasteiger partial charge >= 0.3 is 6.18 Å². The minimum Gasteiger partial charge on any atom is -0.464 e. The van der Waals surface area contributed by atoms with Gasteiger partial charge in [-0.05, 0) is 382 Å². The molecule has 3 aromatic heterocycles. The summed E-state index contributed by atoms with van der Waals surface area (Å²) in [5.41, 5.74) is 7.04. The lowest BCUT2D eigenvalue weighted by atomic mass is 9.80. The minimum atomic E-state index is -4.35. The van der Waals surface area contributed by atoms with Crippen molar-refractivity contribution in [2.24, 2.45) is 65.1 Å². The number of pyridine rings is 1. The Morgan fingerprint density at radius 1 is 0.348 bits per heavy atom. The number of benzene rings is 4. The van der Waals surface area contributed by atoms with E-state index in [0.717, 1.165) is 220 Å². The van der Waals surface area contributed by atoms with Crippen molar-refractivity contribution in [3.8, 4) is 22.6 Å². The van der Waals surface area contributed by atoms with E-state index in [1.54, 1.807) is 105 Å². The van der Waals surface area contributed by atoms with Crippen LogP contribution >= 0.6 is 0 Å². The second kappa shape index (κ2) is 50.6. The van der Waals surface area contributed by atoms with Gasteiger partial charge in [-0.1, -0.05) is 156 Å². The summed E-state index contributed by atoms with van der Waals surface area (Å²) in [7, 11) is -21.9. The number of aryl methyl sites for hydroxylation is 5. The van der Waals surface area contributed by atoms with Crippen LogP contribution < -0.4 is 4.72 Å². The molecule has 12 rings (SSSR count). The molecule has 29 heteroatoms. The third kappa shape index (κ3) is 37.8. The number of alkyl halides is 3. The molecule has 7 aromatic rings. The first kappa shape index (κ1) is 117. The van der Waals surface area contributed by atoms with E-state index in [2.05, 4.69) is 63.4 Å². The van der Waals surface area contributed by atoms with Gasteiger partial charge in [0, 0.05) is 35.1 Å². The van der Waals surface area contributed by atoms with E-state index in [1.165, 1.54) is 35.6 Å². The average Bonchev–Trinajstić information content (AvgIpc) is 0.999. The largest absolute Gasteiger partial charge is 0.464 e. The summed E-state index contributed by atoms with van der Waals surface area (Å²) in [5.74, 6) is 8.20. The van der Waals surface area contributed by atoms with E-state index >= 15 is 0 Å². The number of hydrogen-bond acceptors (Lipinski definition) is 18. The number of rotatable bonds is 33. The van der Waals surface area contributed by atoms with Crippen LogP contribution in [0.5, 0.6) is 0 Å². The van der Waals surface area contributed by atoms with Gasteiger partial charge in [0.25, 0.3) is 0 Å². The maximum atomic E-state index is 12.5. The minimum absolute atomic E-state index is 0.119. The first-order valence-corrected chi connectivity index (χ1v) is 62.1. The van der Waals surface area contributed by atoms with Gasteiger partial charge in [-0.15, -0.1) is 0 Å². The number of furan rings is 1. The van der Waals surface area contributed by atoms with E-state index in [4.69, 9.17) is 8.94 Å². The van der Waals surface area contributed by atoms with Gasteiger partial charge < -0.3 is 8.94 Å². The Morgan fingerprint density at radius 3 is 0.949 bits per heavy atom. The van der Waals surface area contributed by atoms with Crippen molar-refractivity contribution < 1.29 is 81.0 Å². The Kier molecular flexibility index (Phi) is 43.0. The first-order chi connectivity index (χ1) is 64.0. The Bertz CT molecular complexity index is 5540. The number of aromatic nitrogens is 2. The molecule has 776 valence electrons. The number of hydrogen-bond donors (Lipinski definition) is 1. The molecule has 0 atom stereocenters. The van der Waals surface area contributed by atoms with E-state index in [1.807, 2.05) is 106 Å². The van der Waals surface area contributed by atoms with Crippen molar-refractivity contribution in [2.75, 3.05) is 34.5 Å². The summed E-state index contributed by atoms with van der Waals surface area (Å²) in [5, 5.41) is 3.75. The molecule has 5 fully saturated rings.